The molecule has 206 valence electrons. The van der Waals surface area contributed by atoms with Gasteiger partial charge in [0.1, 0.15) is 10.8 Å². The molecule has 4 rings (SSSR count). The Bertz CT molecular complexity index is 1640. The molecule has 1 heterocycles. The van der Waals surface area contributed by atoms with E-state index in [1.807, 2.05) is 0 Å². The van der Waals surface area contributed by atoms with E-state index in [1.54, 1.807) is 24.3 Å². The Balaban J connectivity index is 1.95. The molecular weight excluding hydrogens is 558 g/mol. The molecule has 0 saturated heterocycles. The molecule has 1 aromatic heterocycles. The zero-order valence-corrected chi connectivity index (χ0v) is 22.5. The number of halogens is 4. The molecule has 0 aliphatic carbocycles. The largest absolute Gasteiger partial charge is 0.465 e. The number of rotatable bonds is 7. The number of sulfonamides is 1. The van der Waals surface area contributed by atoms with E-state index in [2.05, 4.69) is 4.74 Å². The number of carbonyl (C=O) groups is 1. The molecule has 0 fully saturated rings. The predicted octanol–water partition coefficient (Wildman–Crippen LogP) is 6.47. The number of esters is 1. The Morgan fingerprint density at radius 2 is 1.67 bits per heavy atom. The molecule has 6 nitrogen and oxygen atoms in total. The number of ether oxygens (including phenoxy) is 1. The maximum absolute atomic E-state index is 14.0. The molecule has 0 aliphatic heterocycles. The van der Waals surface area contributed by atoms with Crippen molar-refractivity contribution in [2.45, 2.75) is 37.1 Å². The van der Waals surface area contributed by atoms with Crippen molar-refractivity contribution in [1.82, 2.24) is 0 Å². The fourth-order valence-corrected chi connectivity index (χ4v) is 7.16. The van der Waals surface area contributed by atoms with Crippen LogP contribution in [0.25, 0.3) is 10.1 Å². The highest BCUT2D eigenvalue weighted by Crippen LogP contribution is 2.46. The van der Waals surface area contributed by atoms with E-state index >= 15 is 0 Å². The highest BCUT2D eigenvalue weighted by atomic mass is 32.2. The highest BCUT2D eigenvalue weighted by molar-refractivity contribution is 7.93. The van der Waals surface area contributed by atoms with Crippen molar-refractivity contribution in [2.75, 3.05) is 11.4 Å². The third-order valence-electron chi connectivity index (χ3n) is 5.94. The molecule has 0 unspecified atom stereocenters. The van der Waals surface area contributed by atoms with Crippen LogP contribution in [0.4, 0.5) is 22.6 Å². The van der Waals surface area contributed by atoms with Crippen LogP contribution in [0.2, 0.25) is 0 Å². The van der Waals surface area contributed by atoms with Gasteiger partial charge in [0.15, 0.2) is 0 Å². The number of benzene rings is 3. The van der Waals surface area contributed by atoms with Gasteiger partial charge >= 0.3 is 12.1 Å². The summed E-state index contributed by atoms with van der Waals surface area (Å²) in [6.07, 6.45) is -5.00. The van der Waals surface area contributed by atoms with Crippen LogP contribution >= 0.6 is 11.3 Å². The number of hydrogen-bond donors (Lipinski definition) is 1. The molecule has 12 heteroatoms. The number of thiophene rings is 1. The highest BCUT2D eigenvalue weighted by Gasteiger charge is 2.37. The number of fused-ring (bicyclic) bond motifs is 1. The summed E-state index contributed by atoms with van der Waals surface area (Å²) in [6.45, 7) is 2.35. The van der Waals surface area contributed by atoms with Crippen LogP contribution in [-0.4, -0.2) is 26.6 Å². The molecule has 0 radical (unpaired) electrons. The van der Waals surface area contributed by atoms with Gasteiger partial charge < -0.3 is 9.84 Å². The van der Waals surface area contributed by atoms with E-state index in [9.17, 15) is 35.9 Å². The standard InChI is InChI=1S/C27H23F4NO5S2/c1-26(2,34)23-19-6-4-5-7-22(19)38-24(23)32(15-16-8-13-21(28)20(14-16)27(29,30)31)39(35,36)18-11-9-17(10-12-18)25(33)37-3/h4-14,34H,15H2,1-3H3. The van der Waals surface area contributed by atoms with Gasteiger partial charge in [0.25, 0.3) is 10.0 Å². The number of alkyl halides is 3. The molecule has 0 atom stereocenters. The number of nitrogens with zero attached hydrogens (tertiary/aromatic N) is 1. The summed E-state index contributed by atoms with van der Waals surface area (Å²) < 4.78 is 88.6. The SMILES string of the molecule is COC(=O)c1ccc(S(=O)(=O)N(Cc2ccc(F)c(C(F)(F)F)c2)c2sc3ccccc3c2C(C)(C)O)cc1. The molecule has 0 amide bonds. The summed E-state index contributed by atoms with van der Waals surface area (Å²) in [7, 11) is -3.31. The van der Waals surface area contributed by atoms with E-state index in [-0.39, 0.29) is 26.6 Å². The summed E-state index contributed by atoms with van der Waals surface area (Å²) in [5, 5.41) is 11.7. The summed E-state index contributed by atoms with van der Waals surface area (Å²) in [6, 6.07) is 14.0. The average Bonchev–Trinajstić information content (AvgIpc) is 3.26. The Hall–Kier alpha value is -3.48. The van der Waals surface area contributed by atoms with E-state index in [1.165, 1.54) is 45.2 Å². The Morgan fingerprint density at radius 1 is 1.03 bits per heavy atom. The lowest BCUT2D eigenvalue weighted by Gasteiger charge is -2.28. The molecular formula is C27H23F4NO5S2. The maximum Gasteiger partial charge on any atom is 0.419 e. The van der Waals surface area contributed by atoms with Crippen LogP contribution in [0.5, 0.6) is 0 Å². The van der Waals surface area contributed by atoms with Gasteiger partial charge in [-0.25, -0.2) is 17.6 Å². The van der Waals surface area contributed by atoms with E-state index in [0.29, 0.717) is 22.2 Å². The van der Waals surface area contributed by atoms with Gasteiger partial charge in [0.05, 0.1) is 35.3 Å². The van der Waals surface area contributed by atoms with Gasteiger partial charge in [-0.1, -0.05) is 24.3 Å². The van der Waals surface area contributed by atoms with Crippen molar-refractivity contribution < 1.29 is 40.6 Å². The van der Waals surface area contributed by atoms with Crippen LogP contribution < -0.4 is 4.31 Å². The second-order valence-electron chi connectivity index (χ2n) is 9.18. The lowest BCUT2D eigenvalue weighted by atomic mass is 9.96. The summed E-state index contributed by atoms with van der Waals surface area (Å²) >= 11 is 1.04. The van der Waals surface area contributed by atoms with Gasteiger partial charge in [-0.3, -0.25) is 4.31 Å². The molecule has 3 aromatic carbocycles. The van der Waals surface area contributed by atoms with Gasteiger partial charge in [-0.2, -0.15) is 13.2 Å². The topological polar surface area (TPSA) is 83.9 Å². The van der Waals surface area contributed by atoms with Crippen molar-refractivity contribution >= 4 is 42.4 Å². The van der Waals surface area contributed by atoms with E-state index in [4.69, 9.17) is 0 Å². The number of methoxy groups -OCH3 is 1. The van der Waals surface area contributed by atoms with E-state index < -0.39 is 45.7 Å². The van der Waals surface area contributed by atoms with Crippen LogP contribution in [0, 0.1) is 5.82 Å². The van der Waals surface area contributed by atoms with Gasteiger partial charge in [0.2, 0.25) is 0 Å². The number of carbonyl (C=O) groups excluding carboxylic acids is 1. The summed E-state index contributed by atoms with van der Waals surface area (Å²) in [5.41, 5.74) is -2.85. The van der Waals surface area contributed by atoms with Gasteiger partial charge in [-0.15, -0.1) is 11.3 Å². The molecule has 1 N–H and O–H groups in total. The average molecular weight is 582 g/mol. The molecule has 0 spiro atoms. The van der Waals surface area contributed by atoms with Crippen LogP contribution in [0.1, 0.15) is 40.9 Å². The minimum absolute atomic E-state index is 0.0821. The first-order chi connectivity index (χ1) is 18.1. The fourth-order valence-electron chi connectivity index (χ4n) is 4.13. The first-order valence-electron chi connectivity index (χ1n) is 11.5. The number of hydrogen-bond acceptors (Lipinski definition) is 6. The third-order valence-corrected chi connectivity index (χ3v) is 9.01. The van der Waals surface area contributed by atoms with Crippen molar-refractivity contribution in [1.29, 1.82) is 0 Å². The lowest BCUT2D eigenvalue weighted by molar-refractivity contribution is -0.140. The fraction of sp³-hybridized carbons (Fsp3) is 0.222. The minimum atomic E-state index is -5.00. The van der Waals surface area contributed by atoms with E-state index in [0.717, 1.165) is 21.7 Å². The first kappa shape index (κ1) is 28.5. The monoisotopic (exact) mass is 581 g/mol. The zero-order valence-electron chi connectivity index (χ0n) is 20.9. The normalized spacial score (nSPS) is 12.5. The first-order valence-corrected chi connectivity index (χ1v) is 13.7. The second-order valence-corrected chi connectivity index (χ2v) is 12.1. The Kier molecular flexibility index (Phi) is 7.50. The Morgan fingerprint density at radius 3 is 2.26 bits per heavy atom. The number of aliphatic hydroxyl groups is 1. The van der Waals surface area contributed by atoms with Crippen molar-refractivity contribution in [3.8, 4) is 0 Å². The maximum atomic E-state index is 14.0. The second kappa shape index (κ2) is 10.2. The van der Waals surface area contributed by atoms with Crippen molar-refractivity contribution in [2.24, 2.45) is 0 Å². The van der Waals surface area contributed by atoms with Gasteiger partial charge in [-0.05, 0) is 61.9 Å². The van der Waals surface area contributed by atoms with Gasteiger partial charge in [0, 0.05) is 15.6 Å². The number of anilines is 1. The zero-order chi connectivity index (χ0) is 28.8. The van der Waals surface area contributed by atoms with Crippen LogP contribution in [0.15, 0.2) is 71.6 Å². The summed E-state index contributed by atoms with van der Waals surface area (Å²) in [4.78, 5) is 11.6. The van der Waals surface area contributed by atoms with Crippen LogP contribution in [0.3, 0.4) is 0 Å². The molecule has 0 saturated carbocycles. The molecule has 0 aliphatic rings. The minimum Gasteiger partial charge on any atom is -0.465 e. The predicted molar refractivity (Wildman–Crippen MR) is 140 cm³/mol. The molecule has 4 aromatic rings. The molecule has 39 heavy (non-hydrogen) atoms. The van der Waals surface area contributed by atoms with Crippen LogP contribution in [-0.2, 0) is 33.1 Å². The van der Waals surface area contributed by atoms with Crippen molar-refractivity contribution in [3.63, 3.8) is 0 Å². The summed E-state index contributed by atoms with van der Waals surface area (Å²) in [5.74, 6) is -2.17. The Labute approximate surface area is 226 Å². The lowest BCUT2D eigenvalue weighted by Crippen LogP contribution is -2.32. The van der Waals surface area contributed by atoms with Crippen molar-refractivity contribution in [3.05, 3.63) is 94.8 Å². The quantitative estimate of drug-likeness (QED) is 0.200. The smallest absolute Gasteiger partial charge is 0.419 e. The molecule has 0 bridgehead atoms. The third kappa shape index (κ3) is 5.63.